The maximum Gasteiger partial charge on any atom is 0.490 e. The first-order valence-corrected chi connectivity index (χ1v) is 14.5. The molecule has 1 heterocycles. The standard InChI is InChI=1S/C27H32FN3O2S.C2HF3O2/c1-21-17-25(9-12-27(21)34(32,33)30-13-16-31-14-2-3-15-31)24-6-4-5-23(18-24)20-29-19-22-7-10-26(28)11-8-22;3-2(4,5)1(6)7/h4-12,17-18,29-30H,2-3,13-16,19-20H2,1H3;(H,6,7). The van der Waals surface area contributed by atoms with Gasteiger partial charge in [0.1, 0.15) is 5.82 Å². The smallest absolute Gasteiger partial charge is 0.475 e. The number of carboxylic acid groups (broad SMARTS) is 1. The van der Waals surface area contributed by atoms with Gasteiger partial charge in [0.05, 0.1) is 4.90 Å². The van der Waals surface area contributed by atoms with Crippen molar-refractivity contribution in [2.24, 2.45) is 0 Å². The quantitative estimate of drug-likeness (QED) is 0.282. The molecule has 222 valence electrons. The van der Waals surface area contributed by atoms with E-state index in [9.17, 15) is 26.0 Å². The van der Waals surface area contributed by atoms with Crippen molar-refractivity contribution in [3.63, 3.8) is 0 Å². The molecule has 1 aliphatic heterocycles. The normalized spacial score (nSPS) is 14.0. The molecule has 3 N–H and O–H groups in total. The van der Waals surface area contributed by atoms with Crippen LogP contribution < -0.4 is 10.0 Å². The highest BCUT2D eigenvalue weighted by Gasteiger charge is 2.38. The molecule has 41 heavy (non-hydrogen) atoms. The molecule has 0 saturated carbocycles. The van der Waals surface area contributed by atoms with E-state index in [1.807, 2.05) is 31.2 Å². The van der Waals surface area contributed by atoms with Crippen LogP contribution in [0.4, 0.5) is 17.6 Å². The number of aryl methyl sites for hydroxylation is 1. The molecular weight excluding hydrogens is 562 g/mol. The summed E-state index contributed by atoms with van der Waals surface area (Å²) in [7, 11) is -3.54. The first kappa shape index (κ1) is 32.2. The van der Waals surface area contributed by atoms with Gasteiger partial charge < -0.3 is 15.3 Å². The predicted molar refractivity (Wildman–Crippen MR) is 148 cm³/mol. The highest BCUT2D eigenvalue weighted by atomic mass is 32.2. The molecule has 4 rings (SSSR count). The maximum atomic E-state index is 13.1. The van der Waals surface area contributed by atoms with E-state index < -0.39 is 22.2 Å². The number of carbonyl (C=O) groups is 1. The minimum absolute atomic E-state index is 0.233. The second-order valence-corrected chi connectivity index (χ2v) is 11.4. The second-order valence-electron chi connectivity index (χ2n) is 9.66. The van der Waals surface area contributed by atoms with Gasteiger partial charge in [-0.05, 0) is 84.9 Å². The highest BCUT2D eigenvalue weighted by Crippen LogP contribution is 2.25. The van der Waals surface area contributed by atoms with E-state index in [-0.39, 0.29) is 5.82 Å². The number of carboxylic acids is 1. The van der Waals surface area contributed by atoms with Crippen LogP contribution in [0.3, 0.4) is 0 Å². The number of sulfonamides is 1. The summed E-state index contributed by atoms with van der Waals surface area (Å²) < 4.78 is 73.2. The lowest BCUT2D eigenvalue weighted by atomic mass is 10.0. The van der Waals surface area contributed by atoms with Crippen molar-refractivity contribution in [2.75, 3.05) is 26.2 Å². The Kier molecular flexibility index (Phi) is 11.4. The van der Waals surface area contributed by atoms with Gasteiger partial charge in [-0.25, -0.2) is 22.3 Å². The molecule has 7 nitrogen and oxygen atoms in total. The summed E-state index contributed by atoms with van der Waals surface area (Å²) in [4.78, 5) is 11.5. The van der Waals surface area contributed by atoms with Gasteiger partial charge in [-0.15, -0.1) is 0 Å². The third kappa shape index (κ3) is 10.2. The van der Waals surface area contributed by atoms with Crippen molar-refractivity contribution in [3.8, 4) is 11.1 Å². The van der Waals surface area contributed by atoms with Crippen molar-refractivity contribution in [1.82, 2.24) is 14.9 Å². The fraction of sp³-hybridized carbons (Fsp3) is 0.345. The number of halogens is 4. The van der Waals surface area contributed by atoms with Gasteiger partial charge in [-0.2, -0.15) is 13.2 Å². The van der Waals surface area contributed by atoms with E-state index in [0.29, 0.717) is 24.5 Å². The zero-order valence-electron chi connectivity index (χ0n) is 22.5. The van der Waals surface area contributed by atoms with E-state index >= 15 is 0 Å². The molecule has 0 aromatic heterocycles. The molecule has 0 bridgehead atoms. The lowest BCUT2D eigenvalue weighted by molar-refractivity contribution is -0.192. The number of rotatable bonds is 10. The van der Waals surface area contributed by atoms with Gasteiger partial charge in [0, 0.05) is 26.2 Å². The van der Waals surface area contributed by atoms with Crippen LogP contribution in [-0.4, -0.2) is 56.7 Å². The van der Waals surface area contributed by atoms with Gasteiger partial charge in [-0.3, -0.25) is 0 Å². The van der Waals surface area contributed by atoms with E-state index in [0.717, 1.165) is 47.5 Å². The molecule has 0 atom stereocenters. The van der Waals surface area contributed by atoms with Gasteiger partial charge >= 0.3 is 12.1 Å². The van der Waals surface area contributed by atoms with E-state index in [4.69, 9.17) is 9.90 Å². The van der Waals surface area contributed by atoms with E-state index in [2.05, 4.69) is 27.1 Å². The summed E-state index contributed by atoms with van der Waals surface area (Å²) in [5.41, 5.74) is 4.89. The summed E-state index contributed by atoms with van der Waals surface area (Å²) >= 11 is 0. The summed E-state index contributed by atoms with van der Waals surface area (Å²) in [5.74, 6) is -2.99. The van der Waals surface area contributed by atoms with Crippen molar-refractivity contribution in [3.05, 3.63) is 89.2 Å². The average Bonchev–Trinajstić information content (AvgIpc) is 3.43. The minimum atomic E-state index is -5.08. The van der Waals surface area contributed by atoms with Crippen LogP contribution in [0.15, 0.2) is 71.6 Å². The number of alkyl halides is 3. The van der Waals surface area contributed by atoms with E-state index in [1.54, 1.807) is 18.2 Å². The maximum absolute atomic E-state index is 13.1. The second kappa shape index (κ2) is 14.5. The molecule has 1 fully saturated rings. The first-order valence-electron chi connectivity index (χ1n) is 13.0. The summed E-state index contributed by atoms with van der Waals surface area (Å²) in [6, 6.07) is 20.2. The molecule has 0 aliphatic carbocycles. The SMILES string of the molecule is Cc1cc(-c2cccc(CNCc3ccc(F)cc3)c2)ccc1S(=O)(=O)NCCN1CCCC1.O=C(O)C(F)(F)F. The number of benzene rings is 3. The van der Waals surface area contributed by atoms with Crippen LogP contribution in [0, 0.1) is 12.7 Å². The Morgan fingerprint density at radius 3 is 2.15 bits per heavy atom. The molecular formula is C29H33F4N3O4S. The Labute approximate surface area is 237 Å². The highest BCUT2D eigenvalue weighted by molar-refractivity contribution is 7.89. The van der Waals surface area contributed by atoms with Gasteiger partial charge in [0.25, 0.3) is 0 Å². The molecule has 1 saturated heterocycles. The molecule has 0 spiro atoms. The Hall–Kier alpha value is -3.32. The zero-order valence-corrected chi connectivity index (χ0v) is 23.4. The number of nitrogens with zero attached hydrogens (tertiary/aromatic N) is 1. The van der Waals surface area contributed by atoms with Crippen LogP contribution in [0.5, 0.6) is 0 Å². The molecule has 12 heteroatoms. The predicted octanol–water partition coefficient (Wildman–Crippen LogP) is 5.10. The van der Waals surface area contributed by atoms with Gasteiger partial charge in [-0.1, -0.05) is 42.5 Å². The lowest BCUT2D eigenvalue weighted by Gasteiger charge is -2.16. The monoisotopic (exact) mass is 595 g/mol. The van der Waals surface area contributed by atoms with Crippen molar-refractivity contribution < 1.29 is 35.9 Å². The van der Waals surface area contributed by atoms with Crippen molar-refractivity contribution in [1.29, 1.82) is 0 Å². The first-order chi connectivity index (χ1) is 19.3. The topological polar surface area (TPSA) is 98.7 Å². The average molecular weight is 596 g/mol. The Morgan fingerprint density at radius 1 is 0.927 bits per heavy atom. The number of aliphatic carboxylic acids is 1. The number of hydrogen-bond acceptors (Lipinski definition) is 5. The van der Waals surface area contributed by atoms with Crippen LogP contribution in [0.1, 0.15) is 29.5 Å². The third-order valence-corrected chi connectivity index (χ3v) is 8.08. The molecule has 0 unspecified atom stereocenters. The minimum Gasteiger partial charge on any atom is -0.475 e. The lowest BCUT2D eigenvalue weighted by Crippen LogP contribution is -2.33. The van der Waals surface area contributed by atoms with Crippen LogP contribution in [0.2, 0.25) is 0 Å². The van der Waals surface area contributed by atoms with E-state index in [1.165, 1.54) is 25.0 Å². The molecule has 0 radical (unpaired) electrons. The Morgan fingerprint density at radius 2 is 1.54 bits per heavy atom. The Bertz CT molecular complexity index is 1410. The molecule has 0 amide bonds. The van der Waals surface area contributed by atoms with Crippen molar-refractivity contribution >= 4 is 16.0 Å². The number of likely N-dealkylation sites (tertiary alicyclic amines) is 1. The largest absolute Gasteiger partial charge is 0.490 e. The molecule has 1 aliphatic rings. The molecule has 3 aromatic carbocycles. The van der Waals surface area contributed by atoms with Crippen LogP contribution >= 0.6 is 0 Å². The fourth-order valence-corrected chi connectivity index (χ4v) is 5.61. The number of nitrogens with one attached hydrogen (secondary N) is 2. The summed E-state index contributed by atoms with van der Waals surface area (Å²) in [6.45, 7) is 6.45. The van der Waals surface area contributed by atoms with Gasteiger partial charge in [0.2, 0.25) is 10.0 Å². The van der Waals surface area contributed by atoms with Crippen LogP contribution in [0.25, 0.3) is 11.1 Å². The third-order valence-electron chi connectivity index (χ3n) is 6.46. The number of hydrogen-bond donors (Lipinski definition) is 3. The fourth-order valence-electron chi connectivity index (χ4n) is 4.37. The van der Waals surface area contributed by atoms with Gasteiger partial charge in [0.15, 0.2) is 0 Å². The van der Waals surface area contributed by atoms with Crippen LogP contribution in [-0.2, 0) is 27.9 Å². The molecule has 3 aromatic rings. The Balaban J connectivity index is 0.000000587. The zero-order chi connectivity index (χ0) is 30.0. The summed E-state index contributed by atoms with van der Waals surface area (Å²) in [5, 5.41) is 10.5. The summed E-state index contributed by atoms with van der Waals surface area (Å²) in [6.07, 6.45) is -2.70. The van der Waals surface area contributed by atoms with Crippen molar-refractivity contribution in [2.45, 2.75) is 43.9 Å².